The van der Waals surface area contributed by atoms with Gasteiger partial charge in [0.05, 0.1) is 0 Å². The molecular formula is C14H16FN3O. The van der Waals surface area contributed by atoms with Gasteiger partial charge in [0.25, 0.3) is 5.56 Å². The van der Waals surface area contributed by atoms with Crippen LogP contribution in [0.2, 0.25) is 0 Å². The van der Waals surface area contributed by atoms with Crippen LogP contribution in [0.1, 0.15) is 17.0 Å². The number of halogens is 1. The smallest absolute Gasteiger partial charge is 0.252 e. The normalized spacial score (nSPS) is 10.5. The van der Waals surface area contributed by atoms with E-state index >= 15 is 0 Å². The molecule has 0 saturated heterocycles. The molecule has 0 aliphatic heterocycles. The monoisotopic (exact) mass is 261 g/mol. The van der Waals surface area contributed by atoms with Crippen molar-refractivity contribution in [3.8, 4) is 0 Å². The van der Waals surface area contributed by atoms with Crippen LogP contribution in [0.3, 0.4) is 0 Å². The largest absolute Gasteiger partial charge is 0.370 e. The maximum Gasteiger partial charge on any atom is 0.252 e. The Bertz CT molecular complexity index is 637. The molecule has 2 rings (SSSR count). The van der Waals surface area contributed by atoms with E-state index in [0.29, 0.717) is 18.2 Å². The van der Waals surface area contributed by atoms with Gasteiger partial charge in [-0.1, -0.05) is 6.07 Å². The molecule has 2 N–H and O–H groups in total. The van der Waals surface area contributed by atoms with E-state index in [1.54, 1.807) is 13.0 Å². The molecule has 1 heterocycles. The zero-order valence-corrected chi connectivity index (χ0v) is 11.0. The highest BCUT2D eigenvalue weighted by Gasteiger charge is 2.01. The zero-order chi connectivity index (χ0) is 13.8. The minimum absolute atomic E-state index is 0.173. The second-order valence-electron chi connectivity index (χ2n) is 4.46. The van der Waals surface area contributed by atoms with Gasteiger partial charge in [-0.05, 0) is 43.5 Å². The lowest BCUT2D eigenvalue weighted by Crippen LogP contribution is -2.13. The van der Waals surface area contributed by atoms with Crippen molar-refractivity contribution in [2.45, 2.75) is 20.3 Å². The summed E-state index contributed by atoms with van der Waals surface area (Å²) in [6.07, 6.45) is 0.750. The summed E-state index contributed by atoms with van der Waals surface area (Å²) in [4.78, 5) is 18.0. The number of aryl methyl sites for hydroxylation is 2. The molecule has 0 aliphatic rings. The summed E-state index contributed by atoms with van der Waals surface area (Å²) in [5, 5.41) is 3.09. The van der Waals surface area contributed by atoms with Crippen LogP contribution in [-0.4, -0.2) is 16.5 Å². The fourth-order valence-corrected chi connectivity index (χ4v) is 1.94. The molecule has 0 bridgehead atoms. The highest BCUT2D eigenvalue weighted by Crippen LogP contribution is 2.11. The number of benzene rings is 1. The van der Waals surface area contributed by atoms with Gasteiger partial charge in [0, 0.05) is 12.6 Å². The van der Waals surface area contributed by atoms with Crippen LogP contribution in [0.15, 0.2) is 29.1 Å². The van der Waals surface area contributed by atoms with E-state index in [1.165, 1.54) is 18.2 Å². The van der Waals surface area contributed by atoms with Gasteiger partial charge in [0.2, 0.25) is 0 Å². The van der Waals surface area contributed by atoms with Crippen LogP contribution in [0.5, 0.6) is 0 Å². The van der Waals surface area contributed by atoms with Crippen LogP contribution in [-0.2, 0) is 6.42 Å². The molecule has 0 aliphatic carbocycles. The molecule has 19 heavy (non-hydrogen) atoms. The average Bonchev–Trinajstić information content (AvgIpc) is 2.30. The Hall–Kier alpha value is -2.17. The Labute approximate surface area is 110 Å². The van der Waals surface area contributed by atoms with Crippen LogP contribution in [0.25, 0.3) is 0 Å². The number of rotatable bonds is 4. The number of hydrogen-bond acceptors (Lipinski definition) is 3. The van der Waals surface area contributed by atoms with Gasteiger partial charge in [0.15, 0.2) is 0 Å². The third-order valence-electron chi connectivity index (χ3n) is 2.87. The second-order valence-corrected chi connectivity index (χ2v) is 4.46. The Balaban J connectivity index is 1.98. The zero-order valence-electron chi connectivity index (χ0n) is 11.0. The fraction of sp³-hybridized carbons (Fsp3) is 0.286. The van der Waals surface area contributed by atoms with Gasteiger partial charge in [-0.15, -0.1) is 0 Å². The molecule has 0 radical (unpaired) electrons. The van der Waals surface area contributed by atoms with Gasteiger partial charge in [-0.3, -0.25) is 4.79 Å². The summed E-state index contributed by atoms with van der Waals surface area (Å²) < 4.78 is 13.0. The highest BCUT2D eigenvalue weighted by molar-refractivity contribution is 5.34. The summed E-state index contributed by atoms with van der Waals surface area (Å²) in [5.41, 5.74) is 1.83. The topological polar surface area (TPSA) is 57.8 Å². The lowest BCUT2D eigenvalue weighted by Gasteiger charge is -2.08. The Morgan fingerprint density at radius 2 is 2.11 bits per heavy atom. The quantitative estimate of drug-likeness (QED) is 0.887. The first kappa shape index (κ1) is 13.3. The van der Waals surface area contributed by atoms with Crippen molar-refractivity contribution < 1.29 is 4.39 Å². The molecule has 4 nitrogen and oxygen atoms in total. The van der Waals surface area contributed by atoms with E-state index in [0.717, 1.165) is 17.5 Å². The van der Waals surface area contributed by atoms with Crippen molar-refractivity contribution in [2.75, 3.05) is 11.9 Å². The summed E-state index contributed by atoms with van der Waals surface area (Å²) in [7, 11) is 0. The molecule has 2 aromatic rings. The van der Waals surface area contributed by atoms with E-state index < -0.39 is 0 Å². The minimum atomic E-state index is -0.221. The van der Waals surface area contributed by atoms with Crippen molar-refractivity contribution in [1.29, 1.82) is 0 Å². The molecule has 0 spiro atoms. The number of aromatic amines is 1. The van der Waals surface area contributed by atoms with Crippen molar-refractivity contribution in [2.24, 2.45) is 0 Å². The number of hydrogen-bond donors (Lipinski definition) is 2. The summed E-state index contributed by atoms with van der Waals surface area (Å²) in [6.45, 7) is 4.26. The molecule has 0 atom stereocenters. The summed E-state index contributed by atoms with van der Waals surface area (Å²) >= 11 is 0. The van der Waals surface area contributed by atoms with E-state index in [-0.39, 0.29) is 11.4 Å². The molecular weight excluding hydrogens is 245 g/mol. The van der Waals surface area contributed by atoms with Gasteiger partial charge in [-0.2, -0.15) is 0 Å². The molecule has 0 fully saturated rings. The Morgan fingerprint density at radius 3 is 2.79 bits per heavy atom. The number of nitrogens with one attached hydrogen (secondary N) is 2. The maximum absolute atomic E-state index is 13.0. The van der Waals surface area contributed by atoms with E-state index in [1.807, 2.05) is 6.92 Å². The maximum atomic E-state index is 13.0. The second kappa shape index (κ2) is 5.65. The number of H-pyrrole nitrogens is 1. The molecule has 0 saturated carbocycles. The average molecular weight is 261 g/mol. The molecule has 0 unspecified atom stereocenters. The number of anilines is 1. The fourth-order valence-electron chi connectivity index (χ4n) is 1.94. The SMILES string of the molecule is Cc1nc(NCCc2ccc(F)cc2C)cc(=O)[nH]1. The van der Waals surface area contributed by atoms with Crippen LogP contribution in [0.4, 0.5) is 10.2 Å². The highest BCUT2D eigenvalue weighted by atomic mass is 19.1. The van der Waals surface area contributed by atoms with Gasteiger partial charge in [0.1, 0.15) is 17.5 Å². The molecule has 5 heteroatoms. The summed E-state index contributed by atoms with van der Waals surface area (Å²) in [6, 6.07) is 6.18. The third kappa shape index (κ3) is 3.64. The van der Waals surface area contributed by atoms with Crippen molar-refractivity contribution >= 4 is 5.82 Å². The number of aromatic nitrogens is 2. The Morgan fingerprint density at radius 1 is 1.32 bits per heavy atom. The first-order valence-corrected chi connectivity index (χ1v) is 6.11. The molecule has 0 amide bonds. The van der Waals surface area contributed by atoms with E-state index in [9.17, 15) is 9.18 Å². The van der Waals surface area contributed by atoms with Crippen LogP contribution in [0, 0.1) is 19.7 Å². The lowest BCUT2D eigenvalue weighted by molar-refractivity contribution is 0.625. The van der Waals surface area contributed by atoms with Gasteiger partial charge in [-0.25, -0.2) is 9.37 Å². The first-order valence-electron chi connectivity index (χ1n) is 6.11. The van der Waals surface area contributed by atoms with Gasteiger partial charge >= 0.3 is 0 Å². The molecule has 100 valence electrons. The van der Waals surface area contributed by atoms with Crippen molar-refractivity contribution in [1.82, 2.24) is 9.97 Å². The first-order chi connectivity index (χ1) is 9.04. The molecule has 1 aromatic carbocycles. The standard InChI is InChI=1S/C14H16FN3O/c1-9-7-12(15)4-3-11(9)5-6-16-13-8-14(19)18-10(2)17-13/h3-4,7-8H,5-6H2,1-2H3,(H2,16,17,18,19). The minimum Gasteiger partial charge on any atom is -0.370 e. The van der Waals surface area contributed by atoms with Gasteiger partial charge < -0.3 is 10.3 Å². The summed E-state index contributed by atoms with van der Waals surface area (Å²) in [5.74, 6) is 0.912. The predicted octanol–water partition coefficient (Wildman–Crippen LogP) is 2.18. The lowest BCUT2D eigenvalue weighted by atomic mass is 10.1. The third-order valence-corrected chi connectivity index (χ3v) is 2.87. The van der Waals surface area contributed by atoms with E-state index in [2.05, 4.69) is 15.3 Å². The Kier molecular flexibility index (Phi) is 3.94. The van der Waals surface area contributed by atoms with E-state index in [4.69, 9.17) is 0 Å². The number of nitrogens with zero attached hydrogens (tertiary/aromatic N) is 1. The predicted molar refractivity (Wildman–Crippen MR) is 72.9 cm³/mol. The van der Waals surface area contributed by atoms with Crippen molar-refractivity contribution in [3.05, 3.63) is 57.4 Å². The van der Waals surface area contributed by atoms with Crippen LogP contribution >= 0.6 is 0 Å². The van der Waals surface area contributed by atoms with Crippen LogP contribution < -0.4 is 10.9 Å². The molecule has 1 aromatic heterocycles. The van der Waals surface area contributed by atoms with Crippen molar-refractivity contribution in [3.63, 3.8) is 0 Å².